The summed E-state index contributed by atoms with van der Waals surface area (Å²) in [6.07, 6.45) is 0. The molecule has 4 rings (SSSR count). The first kappa shape index (κ1) is 12.4. The summed E-state index contributed by atoms with van der Waals surface area (Å²) in [6, 6.07) is 8.49. The number of aromatic nitrogens is 4. The summed E-state index contributed by atoms with van der Waals surface area (Å²) < 4.78 is 8.05. The third-order valence-corrected chi connectivity index (χ3v) is 3.85. The number of nitrogens with zero attached hydrogens (tertiary/aromatic N) is 5. The third-order valence-electron chi connectivity index (χ3n) is 3.85. The van der Waals surface area contributed by atoms with Gasteiger partial charge in [0.25, 0.3) is 6.01 Å². The second-order valence-corrected chi connectivity index (χ2v) is 5.67. The van der Waals surface area contributed by atoms with Gasteiger partial charge in [-0.1, -0.05) is 26.0 Å². The zero-order chi connectivity index (χ0) is 14.4. The number of anilines is 1. The smallest absolute Gasteiger partial charge is 0.298 e. The summed E-state index contributed by atoms with van der Waals surface area (Å²) in [7, 11) is 0. The maximum atomic E-state index is 5.83. The Morgan fingerprint density at radius 1 is 1.14 bits per heavy atom. The first-order valence-electron chi connectivity index (χ1n) is 7.25. The molecule has 1 aliphatic rings. The topological polar surface area (TPSA) is 60.0 Å². The van der Waals surface area contributed by atoms with E-state index in [-0.39, 0.29) is 0 Å². The largest absolute Gasteiger partial charge is 0.423 e. The van der Waals surface area contributed by atoms with Crippen molar-refractivity contribution in [3.05, 3.63) is 35.9 Å². The van der Waals surface area contributed by atoms with Crippen molar-refractivity contribution in [2.24, 2.45) is 0 Å². The fourth-order valence-electron chi connectivity index (χ4n) is 2.77. The molecule has 2 aromatic heterocycles. The van der Waals surface area contributed by atoms with Gasteiger partial charge in [-0.3, -0.25) is 0 Å². The number of para-hydroxylation sites is 2. The van der Waals surface area contributed by atoms with Crippen LogP contribution < -0.4 is 4.90 Å². The summed E-state index contributed by atoms with van der Waals surface area (Å²) in [5.74, 6) is 2.43. The van der Waals surface area contributed by atoms with Crippen molar-refractivity contribution in [1.82, 2.24) is 19.7 Å². The van der Waals surface area contributed by atoms with Crippen LogP contribution in [0.25, 0.3) is 11.1 Å². The highest BCUT2D eigenvalue weighted by atomic mass is 16.4. The molecular formula is C15H17N5O. The summed E-state index contributed by atoms with van der Waals surface area (Å²) in [6.45, 7) is 6.70. The lowest BCUT2D eigenvalue weighted by atomic mass is 10.2. The van der Waals surface area contributed by atoms with Crippen molar-refractivity contribution in [1.29, 1.82) is 0 Å². The Balaban J connectivity index is 1.66. The molecule has 0 atom stereocenters. The van der Waals surface area contributed by atoms with Crippen molar-refractivity contribution in [2.45, 2.75) is 32.9 Å². The van der Waals surface area contributed by atoms with Crippen LogP contribution in [0.1, 0.15) is 31.4 Å². The molecule has 0 saturated heterocycles. The fourth-order valence-corrected chi connectivity index (χ4v) is 2.77. The second kappa shape index (κ2) is 4.58. The zero-order valence-electron chi connectivity index (χ0n) is 12.2. The summed E-state index contributed by atoms with van der Waals surface area (Å²) >= 11 is 0. The van der Waals surface area contributed by atoms with Crippen LogP contribution in [0.5, 0.6) is 0 Å². The molecule has 6 heteroatoms. The normalized spacial score (nSPS) is 14.9. The molecule has 0 unspecified atom stereocenters. The number of benzene rings is 1. The van der Waals surface area contributed by atoms with Gasteiger partial charge in [0.2, 0.25) is 0 Å². The molecule has 0 N–H and O–H groups in total. The maximum absolute atomic E-state index is 5.83. The van der Waals surface area contributed by atoms with Gasteiger partial charge in [-0.2, -0.15) is 4.98 Å². The first-order chi connectivity index (χ1) is 10.2. The van der Waals surface area contributed by atoms with Crippen molar-refractivity contribution in [3.63, 3.8) is 0 Å². The molecule has 0 radical (unpaired) electrons. The molecule has 21 heavy (non-hydrogen) atoms. The van der Waals surface area contributed by atoms with Crippen LogP contribution in [0.15, 0.2) is 28.7 Å². The molecule has 0 spiro atoms. The van der Waals surface area contributed by atoms with Crippen LogP contribution in [0.2, 0.25) is 0 Å². The lowest BCUT2D eigenvalue weighted by Gasteiger charge is -2.26. The molecule has 0 bridgehead atoms. The van der Waals surface area contributed by atoms with Gasteiger partial charge in [-0.05, 0) is 12.1 Å². The number of hydrogen-bond donors (Lipinski definition) is 0. The molecule has 3 heterocycles. The molecule has 6 nitrogen and oxygen atoms in total. The highest BCUT2D eigenvalue weighted by Crippen LogP contribution is 2.25. The summed E-state index contributed by atoms with van der Waals surface area (Å²) in [5, 5.41) is 8.61. The zero-order valence-corrected chi connectivity index (χ0v) is 12.2. The molecule has 1 aliphatic heterocycles. The van der Waals surface area contributed by atoms with E-state index >= 15 is 0 Å². The molecule has 1 aromatic carbocycles. The Kier molecular flexibility index (Phi) is 2.70. The molecule has 3 aromatic rings. The van der Waals surface area contributed by atoms with Gasteiger partial charge in [0, 0.05) is 19.0 Å². The minimum Gasteiger partial charge on any atom is -0.423 e. The van der Waals surface area contributed by atoms with Gasteiger partial charge in [0.15, 0.2) is 11.4 Å². The maximum Gasteiger partial charge on any atom is 0.298 e. The Bertz CT molecular complexity index is 755. The minimum atomic E-state index is 0.391. The summed E-state index contributed by atoms with van der Waals surface area (Å²) in [5.41, 5.74) is 1.71. The van der Waals surface area contributed by atoms with Crippen molar-refractivity contribution >= 4 is 17.1 Å². The minimum absolute atomic E-state index is 0.391. The van der Waals surface area contributed by atoms with Gasteiger partial charge in [0.05, 0.1) is 6.54 Å². The molecule has 108 valence electrons. The fraction of sp³-hybridized carbons (Fsp3) is 0.400. The van der Waals surface area contributed by atoms with Crippen LogP contribution in [-0.2, 0) is 13.1 Å². The molecule has 0 fully saturated rings. The van der Waals surface area contributed by atoms with Gasteiger partial charge < -0.3 is 13.9 Å². The number of oxazole rings is 1. The Morgan fingerprint density at radius 2 is 2.00 bits per heavy atom. The van der Waals surface area contributed by atoms with Crippen molar-refractivity contribution < 1.29 is 4.42 Å². The van der Waals surface area contributed by atoms with Crippen molar-refractivity contribution in [2.75, 3.05) is 11.4 Å². The van der Waals surface area contributed by atoms with E-state index in [1.807, 2.05) is 24.3 Å². The third kappa shape index (κ3) is 1.98. The van der Waals surface area contributed by atoms with E-state index in [2.05, 4.69) is 38.5 Å². The number of rotatable bonds is 2. The quantitative estimate of drug-likeness (QED) is 0.723. The number of hydrogen-bond acceptors (Lipinski definition) is 5. The van der Waals surface area contributed by atoms with Gasteiger partial charge in [-0.15, -0.1) is 10.2 Å². The van der Waals surface area contributed by atoms with Gasteiger partial charge in [0.1, 0.15) is 11.3 Å². The first-order valence-corrected chi connectivity index (χ1v) is 7.25. The Labute approximate surface area is 122 Å². The average Bonchev–Trinajstić information content (AvgIpc) is 3.10. The highest BCUT2D eigenvalue weighted by Gasteiger charge is 2.25. The molecule has 0 aliphatic carbocycles. The van der Waals surface area contributed by atoms with Gasteiger partial charge in [-0.25, -0.2) is 0 Å². The SMILES string of the molecule is CC(C)c1nnc2n1CCN(c1nc3ccccc3o1)C2. The lowest BCUT2D eigenvalue weighted by Crippen LogP contribution is -2.34. The van der Waals surface area contributed by atoms with Crippen molar-refractivity contribution in [3.8, 4) is 0 Å². The summed E-state index contributed by atoms with van der Waals surface area (Å²) in [4.78, 5) is 6.67. The Morgan fingerprint density at radius 3 is 2.81 bits per heavy atom. The van der Waals surface area contributed by atoms with Crippen LogP contribution in [0.4, 0.5) is 6.01 Å². The van der Waals surface area contributed by atoms with E-state index in [1.54, 1.807) is 0 Å². The number of fused-ring (bicyclic) bond motifs is 2. The van der Waals surface area contributed by atoms with E-state index < -0.39 is 0 Å². The Hall–Kier alpha value is -2.37. The molecular weight excluding hydrogens is 266 g/mol. The molecule has 0 amide bonds. The van der Waals surface area contributed by atoms with E-state index in [1.165, 1.54) is 0 Å². The second-order valence-electron chi connectivity index (χ2n) is 5.67. The lowest BCUT2D eigenvalue weighted by molar-refractivity contribution is 0.487. The molecule has 0 saturated carbocycles. The monoisotopic (exact) mass is 283 g/mol. The predicted octanol–water partition coefficient (Wildman–Crippen LogP) is 2.56. The van der Waals surface area contributed by atoms with E-state index in [0.29, 0.717) is 18.5 Å². The van der Waals surface area contributed by atoms with Crippen LogP contribution in [0.3, 0.4) is 0 Å². The average molecular weight is 283 g/mol. The van der Waals surface area contributed by atoms with Crippen LogP contribution in [-0.4, -0.2) is 26.3 Å². The standard InChI is InChI=1S/C15H17N5O/c1-10(2)14-18-17-13-9-19(7-8-20(13)14)15-16-11-5-3-4-6-12(11)21-15/h3-6,10H,7-9H2,1-2H3. The predicted molar refractivity (Wildman–Crippen MR) is 79.2 cm³/mol. The van der Waals surface area contributed by atoms with E-state index in [4.69, 9.17) is 4.42 Å². The van der Waals surface area contributed by atoms with Gasteiger partial charge >= 0.3 is 0 Å². The van der Waals surface area contributed by atoms with Crippen LogP contribution in [0, 0.1) is 0 Å². The van der Waals surface area contributed by atoms with E-state index in [0.717, 1.165) is 35.8 Å². The van der Waals surface area contributed by atoms with E-state index in [9.17, 15) is 0 Å². The van der Waals surface area contributed by atoms with Crippen LogP contribution >= 0.6 is 0 Å². The highest BCUT2D eigenvalue weighted by molar-refractivity contribution is 5.74.